The minimum Gasteiger partial charge on any atom is -0.496 e. The van der Waals surface area contributed by atoms with Gasteiger partial charge in [-0.25, -0.2) is 0 Å². The molecule has 0 unspecified atom stereocenters. The standard InChI is InChI=1S/C24H33NO3/c1-6-7-8-15-25-23(26)18-9-14-22(27-5)19(16-18)17-28-21-12-10-20(11-13-21)24(2,3)4/h9-14,16H,6-8,15,17H2,1-5H3,(H,25,26). The van der Waals surface area contributed by atoms with Gasteiger partial charge in [0.2, 0.25) is 0 Å². The maximum absolute atomic E-state index is 12.4. The van der Waals surface area contributed by atoms with Crippen LogP contribution in [0.25, 0.3) is 0 Å². The van der Waals surface area contributed by atoms with Gasteiger partial charge in [0.05, 0.1) is 7.11 Å². The number of rotatable bonds is 9. The number of nitrogens with one attached hydrogen (secondary N) is 1. The molecule has 0 aliphatic heterocycles. The van der Waals surface area contributed by atoms with Crippen molar-refractivity contribution in [2.24, 2.45) is 0 Å². The van der Waals surface area contributed by atoms with Crippen molar-refractivity contribution in [1.82, 2.24) is 5.32 Å². The summed E-state index contributed by atoms with van der Waals surface area (Å²) in [6.45, 7) is 9.75. The minimum absolute atomic E-state index is 0.0606. The van der Waals surface area contributed by atoms with Crippen LogP contribution < -0.4 is 14.8 Å². The molecular formula is C24H33NO3. The van der Waals surface area contributed by atoms with Crippen LogP contribution in [-0.2, 0) is 12.0 Å². The molecule has 0 aliphatic carbocycles. The first kappa shape index (κ1) is 21.8. The van der Waals surface area contributed by atoms with E-state index < -0.39 is 0 Å². The van der Waals surface area contributed by atoms with E-state index in [2.05, 4.69) is 45.1 Å². The molecule has 1 amide bonds. The van der Waals surface area contributed by atoms with Gasteiger partial charge < -0.3 is 14.8 Å². The molecule has 152 valence electrons. The van der Waals surface area contributed by atoms with Gasteiger partial charge in [0.15, 0.2) is 0 Å². The smallest absolute Gasteiger partial charge is 0.251 e. The van der Waals surface area contributed by atoms with Crippen LogP contribution >= 0.6 is 0 Å². The van der Waals surface area contributed by atoms with Crippen LogP contribution in [0.3, 0.4) is 0 Å². The van der Waals surface area contributed by atoms with Crippen LogP contribution in [0, 0.1) is 0 Å². The van der Waals surface area contributed by atoms with E-state index in [1.165, 1.54) is 5.56 Å². The Morgan fingerprint density at radius 2 is 1.75 bits per heavy atom. The maximum atomic E-state index is 12.4. The van der Waals surface area contributed by atoms with E-state index >= 15 is 0 Å². The van der Waals surface area contributed by atoms with Gasteiger partial charge in [-0.1, -0.05) is 52.7 Å². The second-order valence-corrected chi connectivity index (χ2v) is 8.05. The quantitative estimate of drug-likeness (QED) is 0.582. The van der Waals surface area contributed by atoms with Crippen LogP contribution in [0.4, 0.5) is 0 Å². The summed E-state index contributed by atoms with van der Waals surface area (Å²) >= 11 is 0. The Morgan fingerprint density at radius 3 is 2.36 bits per heavy atom. The summed E-state index contributed by atoms with van der Waals surface area (Å²) in [4.78, 5) is 12.4. The van der Waals surface area contributed by atoms with Gasteiger partial charge in [-0.2, -0.15) is 0 Å². The molecule has 1 N–H and O–H groups in total. The van der Waals surface area contributed by atoms with Crippen molar-refractivity contribution in [1.29, 1.82) is 0 Å². The van der Waals surface area contributed by atoms with Crippen LogP contribution in [0.15, 0.2) is 42.5 Å². The first-order chi connectivity index (χ1) is 13.3. The summed E-state index contributed by atoms with van der Waals surface area (Å²) in [5, 5.41) is 2.97. The number of hydrogen-bond donors (Lipinski definition) is 1. The lowest BCUT2D eigenvalue weighted by Crippen LogP contribution is -2.24. The average molecular weight is 384 g/mol. The molecule has 0 spiro atoms. The lowest BCUT2D eigenvalue weighted by Gasteiger charge is -2.19. The molecule has 0 saturated carbocycles. The predicted molar refractivity (Wildman–Crippen MR) is 114 cm³/mol. The Labute approximate surface area is 169 Å². The third-order valence-corrected chi connectivity index (χ3v) is 4.72. The van der Waals surface area contributed by atoms with Gasteiger partial charge in [-0.05, 0) is 47.7 Å². The molecule has 0 heterocycles. The molecular weight excluding hydrogens is 350 g/mol. The van der Waals surface area contributed by atoms with Gasteiger partial charge in [-0.15, -0.1) is 0 Å². The van der Waals surface area contributed by atoms with Crippen molar-refractivity contribution in [3.63, 3.8) is 0 Å². The molecule has 0 bridgehead atoms. The van der Waals surface area contributed by atoms with Crippen LogP contribution in [0.1, 0.15) is 68.4 Å². The van der Waals surface area contributed by atoms with Crippen LogP contribution in [0.2, 0.25) is 0 Å². The zero-order valence-electron chi connectivity index (χ0n) is 17.8. The number of carbonyl (C=O) groups is 1. The van der Waals surface area contributed by atoms with Crippen molar-refractivity contribution < 1.29 is 14.3 Å². The number of carbonyl (C=O) groups excluding carboxylic acids is 1. The van der Waals surface area contributed by atoms with Crippen LogP contribution in [0.5, 0.6) is 11.5 Å². The third kappa shape index (κ3) is 6.29. The third-order valence-electron chi connectivity index (χ3n) is 4.72. The Hall–Kier alpha value is -2.49. The molecule has 0 aliphatic rings. The van der Waals surface area contributed by atoms with Crippen LogP contribution in [-0.4, -0.2) is 19.6 Å². The number of amides is 1. The number of hydrogen-bond acceptors (Lipinski definition) is 3. The lowest BCUT2D eigenvalue weighted by atomic mass is 9.87. The van der Waals surface area contributed by atoms with Gasteiger partial charge in [0.25, 0.3) is 5.91 Å². The van der Waals surface area contributed by atoms with E-state index in [9.17, 15) is 4.79 Å². The summed E-state index contributed by atoms with van der Waals surface area (Å²) in [5.74, 6) is 1.45. The van der Waals surface area contributed by atoms with Crippen molar-refractivity contribution >= 4 is 5.91 Å². The molecule has 28 heavy (non-hydrogen) atoms. The fourth-order valence-electron chi connectivity index (χ4n) is 2.92. The SMILES string of the molecule is CCCCCNC(=O)c1ccc(OC)c(COc2ccc(C(C)(C)C)cc2)c1. The zero-order valence-corrected chi connectivity index (χ0v) is 17.8. The second kappa shape index (κ2) is 10.2. The molecule has 0 atom stereocenters. The first-order valence-corrected chi connectivity index (χ1v) is 10.0. The van der Waals surface area contributed by atoms with E-state index in [-0.39, 0.29) is 11.3 Å². The maximum Gasteiger partial charge on any atom is 0.251 e. The molecule has 0 radical (unpaired) electrons. The van der Waals surface area contributed by atoms with Gasteiger partial charge in [0.1, 0.15) is 18.1 Å². The molecule has 4 nitrogen and oxygen atoms in total. The number of methoxy groups -OCH3 is 1. The first-order valence-electron chi connectivity index (χ1n) is 10.0. The fourth-order valence-corrected chi connectivity index (χ4v) is 2.92. The van der Waals surface area contributed by atoms with E-state index in [0.29, 0.717) is 24.5 Å². The Bertz CT molecular complexity index is 760. The summed E-state index contributed by atoms with van der Waals surface area (Å²) in [5.41, 5.74) is 2.85. The molecule has 2 aromatic carbocycles. The van der Waals surface area contributed by atoms with E-state index in [1.54, 1.807) is 13.2 Å². The highest BCUT2D eigenvalue weighted by Crippen LogP contribution is 2.26. The van der Waals surface area contributed by atoms with E-state index in [1.807, 2.05) is 24.3 Å². The largest absolute Gasteiger partial charge is 0.496 e. The van der Waals surface area contributed by atoms with E-state index in [0.717, 1.165) is 30.6 Å². The summed E-state index contributed by atoms with van der Waals surface area (Å²) < 4.78 is 11.4. The highest BCUT2D eigenvalue weighted by molar-refractivity contribution is 5.94. The molecule has 4 heteroatoms. The minimum atomic E-state index is -0.0606. The Kier molecular flexibility index (Phi) is 7.91. The molecule has 2 aromatic rings. The number of ether oxygens (including phenoxy) is 2. The summed E-state index contributed by atoms with van der Waals surface area (Å²) in [6.07, 6.45) is 3.26. The molecule has 0 fully saturated rings. The van der Waals surface area contributed by atoms with Gasteiger partial charge in [-0.3, -0.25) is 4.79 Å². The monoisotopic (exact) mass is 383 g/mol. The molecule has 0 saturated heterocycles. The van der Waals surface area contributed by atoms with Gasteiger partial charge in [0, 0.05) is 17.7 Å². The van der Waals surface area contributed by atoms with E-state index in [4.69, 9.17) is 9.47 Å². The normalized spacial score (nSPS) is 11.2. The summed E-state index contributed by atoms with van der Waals surface area (Å²) in [7, 11) is 1.63. The predicted octanol–water partition coefficient (Wildman–Crippen LogP) is 5.49. The zero-order chi connectivity index (χ0) is 20.6. The second-order valence-electron chi connectivity index (χ2n) is 8.05. The Balaban J connectivity index is 2.04. The van der Waals surface area contributed by atoms with Crippen molar-refractivity contribution in [2.45, 2.75) is 59.0 Å². The van der Waals surface area contributed by atoms with Crippen molar-refractivity contribution in [3.8, 4) is 11.5 Å². The average Bonchev–Trinajstić information content (AvgIpc) is 2.69. The summed E-state index contributed by atoms with van der Waals surface area (Å²) in [6, 6.07) is 13.6. The Morgan fingerprint density at radius 1 is 1.04 bits per heavy atom. The number of unbranched alkanes of at least 4 members (excludes halogenated alkanes) is 2. The highest BCUT2D eigenvalue weighted by Gasteiger charge is 2.14. The number of benzene rings is 2. The molecule has 0 aromatic heterocycles. The highest BCUT2D eigenvalue weighted by atomic mass is 16.5. The molecule has 2 rings (SSSR count). The topological polar surface area (TPSA) is 47.6 Å². The van der Waals surface area contributed by atoms with Crippen molar-refractivity contribution in [2.75, 3.05) is 13.7 Å². The lowest BCUT2D eigenvalue weighted by molar-refractivity contribution is 0.0952. The van der Waals surface area contributed by atoms with Gasteiger partial charge >= 0.3 is 0 Å². The van der Waals surface area contributed by atoms with Crippen molar-refractivity contribution in [3.05, 3.63) is 59.2 Å². The fraction of sp³-hybridized carbons (Fsp3) is 0.458.